The second kappa shape index (κ2) is 14.6. The molecule has 2 N–H and O–H groups in total. The van der Waals surface area contributed by atoms with E-state index in [9.17, 15) is 4.79 Å². The van der Waals surface area contributed by atoms with Gasteiger partial charge >= 0.3 is 0 Å². The normalized spacial score (nSPS) is 15.2. The van der Waals surface area contributed by atoms with Gasteiger partial charge in [-0.25, -0.2) is 0 Å². The number of hydrogen-bond acceptors (Lipinski definition) is 3. The summed E-state index contributed by atoms with van der Waals surface area (Å²) in [5.74, 6) is 1.05. The third-order valence-corrected chi connectivity index (χ3v) is 5.28. The Labute approximate surface area is 193 Å². The smallest absolute Gasteiger partial charge is 0.224 e. The van der Waals surface area contributed by atoms with Gasteiger partial charge in [-0.2, -0.15) is 0 Å². The third kappa shape index (κ3) is 9.80. The van der Waals surface area contributed by atoms with E-state index < -0.39 is 0 Å². The Morgan fingerprint density at radius 2 is 1.90 bits per heavy atom. The molecule has 1 fully saturated rings. The number of benzene rings is 1. The molecule has 1 aromatic carbocycles. The van der Waals surface area contributed by atoms with Crippen molar-refractivity contribution in [3.8, 4) is 0 Å². The lowest BCUT2D eigenvalue weighted by atomic mass is 10.1. The lowest BCUT2D eigenvalue weighted by Gasteiger charge is -2.24. The number of nitrogens with zero attached hydrogens (tertiary/aromatic N) is 3. The Morgan fingerprint density at radius 3 is 2.55 bits per heavy atom. The molecular formula is C22H38IN5O. The van der Waals surface area contributed by atoms with E-state index in [0.29, 0.717) is 19.0 Å². The number of carbonyl (C=O) groups is 1. The Hall–Kier alpha value is -1.35. The molecule has 1 atom stereocenters. The van der Waals surface area contributed by atoms with Crippen LogP contribution in [0.25, 0.3) is 0 Å². The second-order valence-electron chi connectivity index (χ2n) is 7.56. The van der Waals surface area contributed by atoms with Crippen LogP contribution in [0.4, 0.5) is 0 Å². The maximum Gasteiger partial charge on any atom is 0.224 e. The number of aliphatic imine (C=N–C) groups is 1. The van der Waals surface area contributed by atoms with Gasteiger partial charge in [0.15, 0.2) is 5.96 Å². The molecule has 0 bridgehead atoms. The molecule has 1 aliphatic heterocycles. The molecule has 0 aromatic heterocycles. The van der Waals surface area contributed by atoms with E-state index in [1.807, 2.05) is 4.90 Å². The van der Waals surface area contributed by atoms with Gasteiger partial charge < -0.3 is 15.5 Å². The minimum Gasteiger partial charge on any atom is -0.357 e. The van der Waals surface area contributed by atoms with Crippen molar-refractivity contribution < 1.29 is 4.79 Å². The fourth-order valence-electron chi connectivity index (χ4n) is 3.37. The monoisotopic (exact) mass is 515 g/mol. The molecule has 29 heavy (non-hydrogen) atoms. The number of halogens is 1. The molecule has 0 radical (unpaired) electrons. The highest BCUT2D eigenvalue weighted by Crippen LogP contribution is 2.09. The van der Waals surface area contributed by atoms with Gasteiger partial charge in [0.25, 0.3) is 0 Å². The van der Waals surface area contributed by atoms with Crippen molar-refractivity contribution in [1.29, 1.82) is 0 Å². The van der Waals surface area contributed by atoms with E-state index in [0.717, 1.165) is 57.9 Å². The Morgan fingerprint density at radius 1 is 1.21 bits per heavy atom. The third-order valence-electron chi connectivity index (χ3n) is 5.28. The van der Waals surface area contributed by atoms with E-state index >= 15 is 0 Å². The van der Waals surface area contributed by atoms with Crippen molar-refractivity contribution in [1.82, 2.24) is 20.4 Å². The first kappa shape index (κ1) is 25.7. The average molecular weight is 515 g/mol. The zero-order valence-corrected chi connectivity index (χ0v) is 20.5. The number of amides is 1. The highest BCUT2D eigenvalue weighted by molar-refractivity contribution is 14.0. The second-order valence-corrected chi connectivity index (χ2v) is 7.56. The number of nitrogens with one attached hydrogen (secondary N) is 2. The van der Waals surface area contributed by atoms with Crippen LogP contribution in [0, 0.1) is 0 Å². The van der Waals surface area contributed by atoms with Crippen LogP contribution in [0.5, 0.6) is 0 Å². The van der Waals surface area contributed by atoms with Crippen molar-refractivity contribution in [3.05, 3.63) is 35.9 Å². The lowest BCUT2D eigenvalue weighted by molar-refractivity contribution is -0.129. The van der Waals surface area contributed by atoms with E-state index in [1.165, 1.54) is 5.56 Å². The maximum absolute atomic E-state index is 12.1. The average Bonchev–Trinajstić information content (AvgIpc) is 3.23. The highest BCUT2D eigenvalue weighted by Gasteiger charge is 2.17. The van der Waals surface area contributed by atoms with Crippen LogP contribution in [0.2, 0.25) is 0 Å². The van der Waals surface area contributed by atoms with Gasteiger partial charge in [-0.1, -0.05) is 30.3 Å². The van der Waals surface area contributed by atoms with Crippen molar-refractivity contribution >= 4 is 35.8 Å². The number of hydrogen-bond donors (Lipinski definition) is 2. The zero-order chi connectivity index (χ0) is 20.2. The van der Waals surface area contributed by atoms with Gasteiger partial charge in [-0.15, -0.1) is 24.0 Å². The molecule has 2 rings (SSSR count). The quantitative estimate of drug-likeness (QED) is 0.286. The lowest BCUT2D eigenvalue weighted by Crippen LogP contribution is -2.40. The molecule has 0 spiro atoms. The van der Waals surface area contributed by atoms with Gasteiger partial charge in [0, 0.05) is 51.7 Å². The first-order valence-electron chi connectivity index (χ1n) is 10.6. The van der Waals surface area contributed by atoms with Gasteiger partial charge in [-0.3, -0.25) is 14.7 Å². The molecule has 1 amide bonds. The molecule has 1 saturated heterocycles. The first-order chi connectivity index (χ1) is 13.6. The topological polar surface area (TPSA) is 60.0 Å². The van der Waals surface area contributed by atoms with E-state index in [2.05, 4.69) is 71.8 Å². The summed E-state index contributed by atoms with van der Waals surface area (Å²) >= 11 is 0. The first-order valence-corrected chi connectivity index (χ1v) is 10.6. The summed E-state index contributed by atoms with van der Waals surface area (Å²) in [6, 6.07) is 11.0. The summed E-state index contributed by atoms with van der Waals surface area (Å²) in [6.45, 7) is 9.29. The van der Waals surface area contributed by atoms with Crippen molar-refractivity contribution in [3.63, 3.8) is 0 Å². The van der Waals surface area contributed by atoms with Crippen LogP contribution in [-0.2, 0) is 11.3 Å². The molecule has 7 heteroatoms. The van der Waals surface area contributed by atoms with E-state index in [4.69, 9.17) is 0 Å². The number of likely N-dealkylation sites (tertiary alicyclic amines) is 1. The molecule has 164 valence electrons. The van der Waals surface area contributed by atoms with Crippen LogP contribution in [0.15, 0.2) is 35.3 Å². The Balaban J connectivity index is 0.00000420. The Kier molecular flexibility index (Phi) is 12.9. The summed E-state index contributed by atoms with van der Waals surface area (Å²) in [4.78, 5) is 21.1. The highest BCUT2D eigenvalue weighted by atomic mass is 127. The van der Waals surface area contributed by atoms with E-state index in [1.54, 1.807) is 0 Å². The molecule has 6 nitrogen and oxygen atoms in total. The standard InChI is InChI=1S/C22H37N5O.HI/c1-4-23-22(25-15-13-21(28)27-16-8-9-17-27)24-14-12-19(2)26(3)18-20-10-6-5-7-11-20;/h5-7,10-11,19H,4,8-9,12-18H2,1-3H3,(H2,23,24,25);1H. The van der Waals surface area contributed by atoms with Gasteiger partial charge in [0.2, 0.25) is 5.91 Å². The maximum atomic E-state index is 12.1. The van der Waals surface area contributed by atoms with Gasteiger partial charge in [0.1, 0.15) is 0 Å². The molecule has 1 unspecified atom stereocenters. The largest absolute Gasteiger partial charge is 0.357 e. The van der Waals surface area contributed by atoms with Gasteiger partial charge in [0.05, 0.1) is 0 Å². The minimum absolute atomic E-state index is 0. The molecule has 0 saturated carbocycles. The van der Waals surface area contributed by atoms with E-state index in [-0.39, 0.29) is 29.9 Å². The molecule has 0 aliphatic carbocycles. The van der Waals surface area contributed by atoms with Crippen molar-refractivity contribution in [2.24, 2.45) is 4.99 Å². The van der Waals surface area contributed by atoms with Crippen LogP contribution in [0.1, 0.15) is 45.1 Å². The van der Waals surface area contributed by atoms with Crippen LogP contribution >= 0.6 is 24.0 Å². The fraction of sp³-hybridized carbons (Fsp3) is 0.636. The van der Waals surface area contributed by atoms with Crippen LogP contribution < -0.4 is 10.6 Å². The van der Waals surface area contributed by atoms with Crippen LogP contribution in [0.3, 0.4) is 0 Å². The zero-order valence-electron chi connectivity index (χ0n) is 18.2. The summed E-state index contributed by atoms with van der Waals surface area (Å²) < 4.78 is 0. The summed E-state index contributed by atoms with van der Waals surface area (Å²) in [5, 5.41) is 6.56. The molecule has 1 heterocycles. The minimum atomic E-state index is 0. The van der Waals surface area contributed by atoms with Crippen molar-refractivity contribution in [2.75, 3.05) is 39.8 Å². The fourth-order valence-corrected chi connectivity index (χ4v) is 3.37. The molecule has 1 aliphatic rings. The number of carbonyl (C=O) groups excluding carboxylic acids is 1. The Bertz CT molecular complexity index is 604. The summed E-state index contributed by atoms with van der Waals surface area (Å²) in [6.07, 6.45) is 3.80. The van der Waals surface area contributed by atoms with Gasteiger partial charge in [-0.05, 0) is 45.7 Å². The van der Waals surface area contributed by atoms with Crippen LogP contribution in [-0.4, -0.2) is 67.5 Å². The number of guanidine groups is 1. The summed E-state index contributed by atoms with van der Waals surface area (Å²) in [5.41, 5.74) is 1.33. The SMILES string of the molecule is CCNC(=NCCC(C)N(C)Cc1ccccc1)NCCC(=O)N1CCCC1.I. The van der Waals surface area contributed by atoms with Crippen molar-refractivity contribution in [2.45, 2.75) is 52.1 Å². The molecule has 1 aromatic rings. The number of rotatable bonds is 10. The summed E-state index contributed by atoms with van der Waals surface area (Å²) in [7, 11) is 2.16. The molecular weight excluding hydrogens is 477 g/mol. The predicted octanol–water partition coefficient (Wildman–Crippen LogP) is 3.08. The predicted molar refractivity (Wildman–Crippen MR) is 132 cm³/mol.